The summed E-state index contributed by atoms with van der Waals surface area (Å²) in [6.07, 6.45) is 1.82. The average Bonchev–Trinajstić information content (AvgIpc) is 3.41. The van der Waals surface area contributed by atoms with Crippen LogP contribution in [0.25, 0.3) is 10.9 Å². The number of amides is 1. The Morgan fingerprint density at radius 3 is 2.42 bits per heavy atom. The smallest absolute Gasteiger partial charge is 0.325 e. The first-order valence-corrected chi connectivity index (χ1v) is 11.4. The number of fused-ring (bicyclic) bond motifs is 2. The van der Waals surface area contributed by atoms with E-state index in [1.807, 2.05) is 47.9 Å². The lowest BCUT2D eigenvalue weighted by atomic mass is 10.1. The number of carbonyl (C=O) groups excluding carboxylic acids is 2. The van der Waals surface area contributed by atoms with Crippen molar-refractivity contribution in [3.8, 4) is 0 Å². The highest BCUT2D eigenvalue weighted by molar-refractivity contribution is 5.89. The fraction of sp³-hybridized carbons (Fsp3) is 0.400. The van der Waals surface area contributed by atoms with Gasteiger partial charge in [0.2, 0.25) is 0 Å². The number of carbonyl (C=O) groups is 2. The summed E-state index contributed by atoms with van der Waals surface area (Å²) in [4.78, 5) is 27.5. The SMILES string of the molecule is CCOC(=O)CN(CC(=O)N(C)N1Cc2ccccc2C1)c1cc2cnn(CC)c2cc1C. The van der Waals surface area contributed by atoms with Crippen LogP contribution in [0.4, 0.5) is 5.69 Å². The van der Waals surface area contributed by atoms with Crippen molar-refractivity contribution in [2.45, 2.75) is 40.4 Å². The van der Waals surface area contributed by atoms with Crippen LogP contribution < -0.4 is 4.90 Å². The number of aryl methyl sites for hydroxylation is 2. The van der Waals surface area contributed by atoms with Crippen LogP contribution in [0.2, 0.25) is 0 Å². The van der Waals surface area contributed by atoms with Gasteiger partial charge in [-0.1, -0.05) is 24.3 Å². The zero-order valence-electron chi connectivity index (χ0n) is 19.7. The van der Waals surface area contributed by atoms with Crippen molar-refractivity contribution in [3.63, 3.8) is 0 Å². The third-order valence-electron chi connectivity index (χ3n) is 6.16. The topological polar surface area (TPSA) is 70.9 Å². The van der Waals surface area contributed by atoms with Crippen LogP contribution in [0, 0.1) is 6.92 Å². The molecular weight excluding hydrogens is 418 g/mol. The Hall–Kier alpha value is -3.39. The zero-order chi connectivity index (χ0) is 23.5. The lowest BCUT2D eigenvalue weighted by Gasteiger charge is -2.31. The molecule has 8 heteroatoms. The zero-order valence-corrected chi connectivity index (χ0v) is 19.7. The second-order valence-electron chi connectivity index (χ2n) is 8.33. The summed E-state index contributed by atoms with van der Waals surface area (Å²) < 4.78 is 7.13. The third kappa shape index (κ3) is 4.71. The van der Waals surface area contributed by atoms with Gasteiger partial charge in [0.1, 0.15) is 6.54 Å². The molecule has 0 bridgehead atoms. The molecule has 174 valence electrons. The normalized spacial score (nSPS) is 13.2. The summed E-state index contributed by atoms with van der Waals surface area (Å²) in [5, 5.41) is 9.10. The quantitative estimate of drug-likeness (QED) is 0.492. The van der Waals surface area contributed by atoms with Crippen molar-refractivity contribution >= 4 is 28.5 Å². The number of hydrazine groups is 1. The number of hydrogen-bond donors (Lipinski definition) is 0. The van der Waals surface area contributed by atoms with Gasteiger partial charge in [-0.05, 0) is 49.6 Å². The number of likely N-dealkylation sites (N-methyl/N-ethyl adjacent to an activating group) is 1. The van der Waals surface area contributed by atoms with Crippen LogP contribution in [0.3, 0.4) is 0 Å². The number of anilines is 1. The third-order valence-corrected chi connectivity index (χ3v) is 6.16. The van der Waals surface area contributed by atoms with Gasteiger partial charge >= 0.3 is 5.97 Å². The highest BCUT2D eigenvalue weighted by Crippen LogP contribution is 2.28. The number of benzene rings is 2. The van der Waals surface area contributed by atoms with Gasteiger partial charge in [0.05, 0.1) is 24.9 Å². The molecule has 0 aliphatic carbocycles. The molecule has 0 fully saturated rings. The Balaban J connectivity index is 1.57. The number of ether oxygens (including phenoxy) is 1. The van der Waals surface area contributed by atoms with Crippen LogP contribution in [0.5, 0.6) is 0 Å². The fourth-order valence-corrected chi connectivity index (χ4v) is 4.35. The van der Waals surface area contributed by atoms with E-state index in [0.717, 1.165) is 28.7 Å². The summed E-state index contributed by atoms with van der Waals surface area (Å²) in [7, 11) is 1.79. The van der Waals surface area contributed by atoms with Gasteiger partial charge < -0.3 is 9.64 Å². The van der Waals surface area contributed by atoms with Crippen LogP contribution >= 0.6 is 0 Å². The lowest BCUT2D eigenvalue weighted by Crippen LogP contribution is -2.47. The number of aromatic nitrogens is 2. The van der Waals surface area contributed by atoms with Crippen LogP contribution in [0.15, 0.2) is 42.6 Å². The van der Waals surface area contributed by atoms with Gasteiger partial charge in [-0.2, -0.15) is 5.10 Å². The van der Waals surface area contributed by atoms with E-state index in [0.29, 0.717) is 19.7 Å². The first-order valence-electron chi connectivity index (χ1n) is 11.4. The van der Waals surface area contributed by atoms with Crippen molar-refractivity contribution in [1.82, 2.24) is 19.8 Å². The molecule has 0 saturated heterocycles. The van der Waals surface area contributed by atoms with E-state index in [2.05, 4.69) is 23.3 Å². The standard InChI is InChI=1S/C25H31N5O3/c1-5-30-23-11-18(3)22(12-21(23)13-26-30)28(17-25(32)33-6-2)16-24(31)27(4)29-14-19-9-7-8-10-20(19)15-29/h7-13H,5-6,14-17H2,1-4H3. The summed E-state index contributed by atoms with van der Waals surface area (Å²) in [6.45, 7) is 8.35. The number of hydrogen-bond acceptors (Lipinski definition) is 6. The van der Waals surface area contributed by atoms with Crippen molar-refractivity contribution in [2.75, 3.05) is 31.6 Å². The molecule has 1 aliphatic rings. The summed E-state index contributed by atoms with van der Waals surface area (Å²) in [6, 6.07) is 12.3. The molecule has 1 amide bonds. The van der Waals surface area contributed by atoms with Crippen molar-refractivity contribution in [2.24, 2.45) is 0 Å². The molecular formula is C25H31N5O3. The Bertz CT molecular complexity index is 1150. The molecule has 8 nitrogen and oxygen atoms in total. The minimum absolute atomic E-state index is 0.00189. The van der Waals surface area contributed by atoms with E-state index < -0.39 is 0 Å². The Morgan fingerprint density at radius 2 is 1.79 bits per heavy atom. The van der Waals surface area contributed by atoms with E-state index in [1.54, 1.807) is 23.9 Å². The van der Waals surface area contributed by atoms with Gasteiger partial charge in [-0.3, -0.25) is 19.3 Å². The molecule has 4 rings (SSSR count). The van der Waals surface area contributed by atoms with Gasteiger partial charge in [0.25, 0.3) is 5.91 Å². The molecule has 2 heterocycles. The van der Waals surface area contributed by atoms with E-state index in [9.17, 15) is 9.59 Å². The molecule has 2 aromatic carbocycles. The molecule has 0 spiro atoms. The van der Waals surface area contributed by atoms with Gasteiger partial charge in [-0.25, -0.2) is 5.01 Å². The molecule has 0 N–H and O–H groups in total. The summed E-state index contributed by atoms with van der Waals surface area (Å²) in [5.41, 5.74) is 5.31. The van der Waals surface area contributed by atoms with E-state index in [-0.39, 0.29) is 25.0 Å². The predicted octanol–water partition coefficient (Wildman–Crippen LogP) is 3.12. The molecule has 3 aromatic rings. The summed E-state index contributed by atoms with van der Waals surface area (Å²) >= 11 is 0. The molecule has 33 heavy (non-hydrogen) atoms. The maximum Gasteiger partial charge on any atom is 0.325 e. The molecule has 1 aromatic heterocycles. The Morgan fingerprint density at radius 1 is 1.09 bits per heavy atom. The second kappa shape index (κ2) is 9.62. The molecule has 0 radical (unpaired) electrons. The molecule has 0 atom stereocenters. The minimum atomic E-state index is -0.356. The monoisotopic (exact) mass is 449 g/mol. The van der Waals surface area contributed by atoms with Gasteiger partial charge in [-0.15, -0.1) is 0 Å². The lowest BCUT2D eigenvalue weighted by molar-refractivity contribution is -0.145. The first kappa shape index (κ1) is 22.8. The Kier molecular flexibility index (Phi) is 6.65. The van der Waals surface area contributed by atoms with Gasteiger partial charge in [0.15, 0.2) is 0 Å². The van der Waals surface area contributed by atoms with Crippen molar-refractivity contribution in [1.29, 1.82) is 0 Å². The number of nitrogens with zero attached hydrogens (tertiary/aromatic N) is 5. The largest absolute Gasteiger partial charge is 0.465 e. The van der Waals surface area contributed by atoms with Gasteiger partial charge in [0, 0.05) is 37.8 Å². The van der Waals surface area contributed by atoms with E-state index >= 15 is 0 Å². The second-order valence-corrected chi connectivity index (χ2v) is 8.33. The molecule has 1 aliphatic heterocycles. The van der Waals surface area contributed by atoms with Crippen LogP contribution in [-0.2, 0) is 34.0 Å². The van der Waals surface area contributed by atoms with Crippen molar-refractivity contribution in [3.05, 3.63) is 59.3 Å². The van der Waals surface area contributed by atoms with Crippen LogP contribution in [-0.4, -0.2) is 58.4 Å². The fourth-order valence-electron chi connectivity index (χ4n) is 4.35. The maximum absolute atomic E-state index is 13.3. The average molecular weight is 450 g/mol. The maximum atomic E-state index is 13.3. The van der Waals surface area contributed by atoms with E-state index in [1.165, 1.54) is 11.1 Å². The summed E-state index contributed by atoms with van der Waals surface area (Å²) in [5.74, 6) is -0.443. The first-order chi connectivity index (χ1) is 15.9. The van der Waals surface area contributed by atoms with Crippen molar-refractivity contribution < 1.29 is 14.3 Å². The highest BCUT2D eigenvalue weighted by Gasteiger charge is 2.27. The molecule has 0 saturated carbocycles. The number of esters is 1. The predicted molar refractivity (Wildman–Crippen MR) is 127 cm³/mol. The minimum Gasteiger partial charge on any atom is -0.465 e. The number of rotatable bonds is 8. The van der Waals surface area contributed by atoms with E-state index in [4.69, 9.17) is 4.74 Å². The van der Waals surface area contributed by atoms with Crippen LogP contribution in [0.1, 0.15) is 30.5 Å². The Labute approximate surface area is 194 Å². The molecule has 0 unspecified atom stereocenters. The highest BCUT2D eigenvalue weighted by atomic mass is 16.5.